The quantitative estimate of drug-likeness (QED) is 0.444. The number of aliphatic carboxylic acids is 1. The second-order valence-electron chi connectivity index (χ2n) is 7.27. The molecular formula is C22H18F4N2O6. The third-order valence-corrected chi connectivity index (χ3v) is 4.94. The highest BCUT2D eigenvalue weighted by Gasteiger charge is 2.31. The Morgan fingerprint density at radius 1 is 1.12 bits per heavy atom. The Morgan fingerprint density at radius 2 is 1.76 bits per heavy atom. The molecule has 3 aromatic rings. The number of hydrogen-bond donors (Lipinski definition) is 3. The van der Waals surface area contributed by atoms with E-state index in [1.807, 2.05) is 0 Å². The Labute approximate surface area is 189 Å². The number of halogens is 4. The first-order chi connectivity index (χ1) is 15.9. The van der Waals surface area contributed by atoms with Crippen LogP contribution in [0.15, 0.2) is 36.4 Å². The summed E-state index contributed by atoms with van der Waals surface area (Å²) in [4.78, 5) is 36.1. The number of carboxylic acids is 1. The van der Waals surface area contributed by atoms with Gasteiger partial charge in [-0.15, -0.1) is 13.2 Å². The summed E-state index contributed by atoms with van der Waals surface area (Å²) in [6.07, 6.45) is -5.51. The van der Waals surface area contributed by atoms with Crippen LogP contribution in [0.4, 0.5) is 17.6 Å². The van der Waals surface area contributed by atoms with Gasteiger partial charge in [0.1, 0.15) is 5.75 Å². The van der Waals surface area contributed by atoms with Crippen LogP contribution in [0, 0.1) is 12.7 Å². The van der Waals surface area contributed by atoms with Gasteiger partial charge >= 0.3 is 12.3 Å². The van der Waals surface area contributed by atoms with Gasteiger partial charge in [-0.05, 0) is 42.8 Å². The van der Waals surface area contributed by atoms with E-state index in [4.69, 9.17) is 5.11 Å². The molecule has 12 heteroatoms. The molecule has 3 rings (SSSR count). The number of fused-ring (bicyclic) bond motifs is 1. The Bertz CT molecular complexity index is 1270. The van der Waals surface area contributed by atoms with Crippen molar-refractivity contribution in [3.63, 3.8) is 0 Å². The lowest BCUT2D eigenvalue weighted by molar-refractivity contribution is -0.274. The first kappa shape index (κ1) is 24.6. The van der Waals surface area contributed by atoms with E-state index in [0.717, 1.165) is 41.0 Å². The number of ether oxygens (including phenoxy) is 1. The van der Waals surface area contributed by atoms with Crippen LogP contribution in [0.25, 0.3) is 10.9 Å². The Hall–Kier alpha value is -4.09. The molecule has 3 N–H and O–H groups in total. The summed E-state index contributed by atoms with van der Waals surface area (Å²) in [5.41, 5.74) is 0.500. The van der Waals surface area contributed by atoms with E-state index in [1.165, 1.54) is 6.92 Å². The van der Waals surface area contributed by atoms with E-state index >= 15 is 0 Å². The Balaban J connectivity index is 1.99. The smallest absolute Gasteiger partial charge is 0.505 e. The van der Waals surface area contributed by atoms with Crippen LogP contribution in [0.5, 0.6) is 11.5 Å². The van der Waals surface area contributed by atoms with Gasteiger partial charge in [0.2, 0.25) is 5.91 Å². The highest BCUT2D eigenvalue weighted by Crippen LogP contribution is 2.32. The summed E-state index contributed by atoms with van der Waals surface area (Å²) >= 11 is 0. The van der Waals surface area contributed by atoms with Gasteiger partial charge in [-0.3, -0.25) is 19.0 Å². The molecular weight excluding hydrogens is 464 g/mol. The zero-order valence-electron chi connectivity index (χ0n) is 17.6. The minimum absolute atomic E-state index is 0.0294. The summed E-state index contributed by atoms with van der Waals surface area (Å²) in [5.74, 6) is -4.65. The predicted octanol–water partition coefficient (Wildman–Crippen LogP) is 3.51. The van der Waals surface area contributed by atoms with E-state index in [-0.39, 0.29) is 47.1 Å². The first-order valence-corrected chi connectivity index (χ1v) is 9.78. The number of rotatable bonds is 7. The highest BCUT2D eigenvalue weighted by atomic mass is 19.4. The Morgan fingerprint density at radius 3 is 2.35 bits per heavy atom. The van der Waals surface area contributed by atoms with Crippen LogP contribution in [0.1, 0.15) is 28.0 Å². The van der Waals surface area contributed by atoms with Crippen LogP contribution < -0.4 is 10.1 Å². The maximum absolute atomic E-state index is 14.1. The fourth-order valence-corrected chi connectivity index (χ4v) is 3.43. The van der Waals surface area contributed by atoms with Crippen molar-refractivity contribution in [3.8, 4) is 11.5 Å². The van der Waals surface area contributed by atoms with E-state index in [1.54, 1.807) is 0 Å². The molecule has 1 heterocycles. The normalized spacial score (nSPS) is 11.4. The first-order valence-electron chi connectivity index (χ1n) is 9.78. The molecule has 1 amide bonds. The van der Waals surface area contributed by atoms with Crippen molar-refractivity contribution in [3.05, 3.63) is 59.0 Å². The molecule has 2 aromatic carbocycles. The number of nitrogens with one attached hydrogen (secondary N) is 1. The second-order valence-corrected chi connectivity index (χ2v) is 7.27. The number of nitrogens with zero attached hydrogens (tertiary/aromatic N) is 1. The summed E-state index contributed by atoms with van der Waals surface area (Å²) in [6.45, 7) is 1.35. The van der Waals surface area contributed by atoms with Gasteiger partial charge in [0, 0.05) is 29.3 Å². The fraction of sp³-hybridized carbons (Fsp3) is 0.227. The molecule has 1 aromatic heterocycles. The van der Waals surface area contributed by atoms with Crippen LogP contribution >= 0.6 is 0 Å². The van der Waals surface area contributed by atoms with Gasteiger partial charge < -0.3 is 20.3 Å². The maximum atomic E-state index is 14.1. The summed E-state index contributed by atoms with van der Waals surface area (Å²) in [7, 11) is 0. The molecule has 0 aliphatic rings. The third-order valence-electron chi connectivity index (χ3n) is 4.94. The van der Waals surface area contributed by atoms with Gasteiger partial charge in [-0.1, -0.05) is 0 Å². The van der Waals surface area contributed by atoms with Crippen molar-refractivity contribution in [2.24, 2.45) is 0 Å². The van der Waals surface area contributed by atoms with E-state index in [0.29, 0.717) is 0 Å². The zero-order valence-corrected chi connectivity index (χ0v) is 17.6. The minimum Gasteiger partial charge on any atom is -0.505 e. The molecule has 0 saturated heterocycles. The molecule has 0 saturated carbocycles. The van der Waals surface area contributed by atoms with Crippen molar-refractivity contribution < 1.29 is 46.9 Å². The van der Waals surface area contributed by atoms with Gasteiger partial charge in [0.25, 0.3) is 5.91 Å². The van der Waals surface area contributed by atoms with Crippen molar-refractivity contribution in [2.45, 2.75) is 26.1 Å². The highest BCUT2D eigenvalue weighted by molar-refractivity contribution is 6.05. The molecule has 0 spiro atoms. The average molecular weight is 482 g/mol. The number of amides is 1. The van der Waals surface area contributed by atoms with Crippen molar-refractivity contribution in [1.82, 2.24) is 9.88 Å². The van der Waals surface area contributed by atoms with Crippen LogP contribution in [0.3, 0.4) is 0 Å². The third kappa shape index (κ3) is 5.45. The zero-order chi connectivity index (χ0) is 25.2. The lowest BCUT2D eigenvalue weighted by atomic mass is 10.1. The topological polar surface area (TPSA) is 118 Å². The number of carbonyl (C=O) groups excluding carboxylic acids is 2. The molecule has 0 atom stereocenters. The lowest BCUT2D eigenvalue weighted by Crippen LogP contribution is -2.27. The lowest BCUT2D eigenvalue weighted by Gasteiger charge is -2.11. The van der Waals surface area contributed by atoms with Gasteiger partial charge in [0.05, 0.1) is 18.4 Å². The molecule has 0 unspecified atom stereocenters. The molecule has 180 valence electrons. The molecule has 8 nitrogen and oxygen atoms in total. The van der Waals surface area contributed by atoms with Gasteiger partial charge in [-0.2, -0.15) is 0 Å². The van der Waals surface area contributed by atoms with Crippen LogP contribution in [0.2, 0.25) is 0 Å². The maximum Gasteiger partial charge on any atom is 0.573 e. The number of hydrogen-bond acceptors (Lipinski definition) is 5. The van der Waals surface area contributed by atoms with E-state index in [2.05, 4.69) is 10.1 Å². The number of carbonyl (C=O) groups is 3. The minimum atomic E-state index is -4.90. The van der Waals surface area contributed by atoms with Crippen LogP contribution in [-0.2, 0) is 16.0 Å². The summed E-state index contributed by atoms with van der Waals surface area (Å²) in [5, 5.41) is 21.1. The molecule has 0 aliphatic carbocycles. The molecule has 0 aliphatic heterocycles. The number of aromatic nitrogens is 1. The van der Waals surface area contributed by atoms with Crippen LogP contribution in [-0.4, -0.2) is 45.5 Å². The van der Waals surface area contributed by atoms with Crippen molar-refractivity contribution in [1.29, 1.82) is 0 Å². The number of carboxylic acid groups (broad SMARTS) is 1. The number of phenols is 1. The van der Waals surface area contributed by atoms with Gasteiger partial charge in [0.15, 0.2) is 11.6 Å². The van der Waals surface area contributed by atoms with Crippen molar-refractivity contribution in [2.75, 3.05) is 6.54 Å². The van der Waals surface area contributed by atoms with E-state index in [9.17, 15) is 37.1 Å². The number of alkyl halides is 3. The summed E-state index contributed by atoms with van der Waals surface area (Å²) < 4.78 is 56.1. The largest absolute Gasteiger partial charge is 0.573 e. The molecule has 34 heavy (non-hydrogen) atoms. The predicted molar refractivity (Wildman–Crippen MR) is 110 cm³/mol. The number of benzene rings is 2. The van der Waals surface area contributed by atoms with Gasteiger partial charge in [-0.25, -0.2) is 4.39 Å². The SMILES string of the molecule is Cc1c(CC(=O)NCCC(=O)O)c2cc(O)c(F)cc2n1C(=O)c1ccc(OC(F)(F)F)cc1. The summed E-state index contributed by atoms with van der Waals surface area (Å²) in [6, 6.07) is 6.06. The average Bonchev–Trinajstić information content (AvgIpc) is 2.98. The molecule has 0 fully saturated rings. The van der Waals surface area contributed by atoms with Crippen molar-refractivity contribution >= 4 is 28.7 Å². The fourth-order valence-electron chi connectivity index (χ4n) is 3.43. The monoisotopic (exact) mass is 482 g/mol. The molecule has 0 radical (unpaired) electrons. The molecule has 0 bridgehead atoms. The number of phenolic OH excluding ortho intramolecular Hbond substituents is 1. The Kier molecular flexibility index (Phi) is 6.80. The number of aromatic hydroxyl groups is 1. The van der Waals surface area contributed by atoms with E-state index < -0.39 is 41.5 Å². The standard InChI is InChI=1S/C22H18F4N2O6/c1-11-14(9-19(30)27-7-6-20(31)32)15-8-18(29)16(23)10-17(15)28(11)21(33)12-2-4-13(5-3-12)34-22(24,25)26/h2-5,8,10,29H,6-7,9H2,1H3,(H,27,30)(H,31,32). The second kappa shape index (κ2) is 9.41.